The van der Waals surface area contributed by atoms with Gasteiger partial charge in [0.25, 0.3) is 0 Å². The summed E-state index contributed by atoms with van der Waals surface area (Å²) < 4.78 is 15.4. The van der Waals surface area contributed by atoms with Gasteiger partial charge in [-0.3, -0.25) is 0 Å². The molecule has 0 radical (unpaired) electrons. The molecule has 0 unspecified atom stereocenters. The largest absolute Gasteiger partial charge is 0.493 e. The number of imidazole rings is 1. The molecule has 0 aliphatic heterocycles. The maximum atomic E-state index is 5.33. The summed E-state index contributed by atoms with van der Waals surface area (Å²) in [4.78, 5) is 4.17. The molecule has 1 N–H and O–H groups in total. The van der Waals surface area contributed by atoms with Gasteiger partial charge >= 0.3 is 0 Å². The zero-order valence-electron chi connectivity index (χ0n) is 10.4. The molecule has 18 heavy (non-hydrogen) atoms. The van der Waals surface area contributed by atoms with Crippen LogP contribution >= 0.6 is 16.1 Å². The van der Waals surface area contributed by atoms with E-state index in [0.29, 0.717) is 5.75 Å². The van der Waals surface area contributed by atoms with Crippen LogP contribution in [-0.2, 0) is 0 Å². The minimum absolute atomic E-state index is 0.703. The summed E-state index contributed by atoms with van der Waals surface area (Å²) in [6, 6.07) is 3.92. The van der Waals surface area contributed by atoms with Crippen LogP contribution in [0.1, 0.15) is 5.56 Å². The number of aromatic nitrogens is 2. The lowest BCUT2D eigenvalue weighted by atomic mass is 10.2. The third kappa shape index (κ3) is 2.28. The van der Waals surface area contributed by atoms with E-state index in [1.165, 1.54) is 0 Å². The Hall–Kier alpha value is -1.69. The Morgan fingerprint density at radius 1 is 1.28 bits per heavy atom. The predicted molar refractivity (Wildman–Crippen MR) is 74.0 cm³/mol. The van der Waals surface area contributed by atoms with Crippen LogP contribution in [0.25, 0.3) is 5.69 Å². The Kier molecular flexibility index (Phi) is 3.76. The molecule has 0 aliphatic carbocycles. The van der Waals surface area contributed by atoms with E-state index in [1.54, 1.807) is 20.5 Å². The molecular formula is C12H14BrN3O2. The van der Waals surface area contributed by atoms with Crippen molar-refractivity contribution in [1.29, 1.82) is 0 Å². The van der Waals surface area contributed by atoms with Gasteiger partial charge in [-0.1, -0.05) is 0 Å². The molecule has 2 aromatic rings. The molecule has 0 atom stereocenters. The molecule has 1 aromatic carbocycles. The van der Waals surface area contributed by atoms with Crippen molar-refractivity contribution in [1.82, 2.24) is 9.55 Å². The molecule has 0 amide bonds. The number of halogens is 1. The van der Waals surface area contributed by atoms with E-state index in [-0.39, 0.29) is 0 Å². The molecule has 96 valence electrons. The molecule has 0 saturated carbocycles. The molecule has 0 fully saturated rings. The summed E-state index contributed by atoms with van der Waals surface area (Å²) in [7, 11) is 3.26. The topological polar surface area (TPSA) is 48.3 Å². The standard InChI is InChI=1S/C12H14BrN3O2/c1-8-4-9(5-10(17-2)12(8)18-3)16-6-11(15-13)14-7-16/h4-7,15H,1-3H3. The monoisotopic (exact) mass is 311 g/mol. The van der Waals surface area contributed by atoms with Crippen LogP contribution in [0.2, 0.25) is 0 Å². The molecule has 2 rings (SSSR count). The van der Waals surface area contributed by atoms with Crippen LogP contribution in [0, 0.1) is 6.92 Å². The van der Waals surface area contributed by atoms with Gasteiger partial charge in [-0.05, 0) is 18.6 Å². The van der Waals surface area contributed by atoms with Gasteiger partial charge in [0.15, 0.2) is 17.3 Å². The average Bonchev–Trinajstić information content (AvgIpc) is 2.86. The van der Waals surface area contributed by atoms with Crippen molar-refractivity contribution in [3.05, 3.63) is 30.2 Å². The van der Waals surface area contributed by atoms with Crippen molar-refractivity contribution < 1.29 is 9.47 Å². The van der Waals surface area contributed by atoms with Crippen LogP contribution in [0.5, 0.6) is 11.5 Å². The first-order valence-corrected chi connectivity index (χ1v) is 6.12. The fourth-order valence-electron chi connectivity index (χ4n) is 1.80. The minimum atomic E-state index is 0.703. The van der Waals surface area contributed by atoms with E-state index in [9.17, 15) is 0 Å². The molecule has 5 nitrogen and oxygen atoms in total. The van der Waals surface area contributed by atoms with Crippen molar-refractivity contribution in [2.24, 2.45) is 0 Å². The van der Waals surface area contributed by atoms with Crippen molar-refractivity contribution in [2.75, 3.05) is 18.6 Å². The quantitative estimate of drug-likeness (QED) is 0.882. The summed E-state index contributed by atoms with van der Waals surface area (Å²) in [5.41, 5.74) is 1.97. The lowest BCUT2D eigenvalue weighted by molar-refractivity contribution is 0.353. The molecule has 1 aromatic heterocycles. The Balaban J connectivity index is 2.48. The maximum absolute atomic E-state index is 5.33. The molecule has 0 aliphatic rings. The summed E-state index contributed by atoms with van der Waals surface area (Å²) in [5, 5.41) is 0. The summed E-state index contributed by atoms with van der Waals surface area (Å²) in [6.07, 6.45) is 3.60. The number of rotatable bonds is 4. The SMILES string of the molecule is COc1cc(-n2cnc(NBr)c2)cc(C)c1OC. The molecule has 0 saturated heterocycles. The van der Waals surface area contributed by atoms with Crippen LogP contribution in [0.15, 0.2) is 24.7 Å². The summed E-state index contributed by atoms with van der Waals surface area (Å²) >= 11 is 3.14. The smallest absolute Gasteiger partial charge is 0.163 e. The summed E-state index contributed by atoms with van der Waals surface area (Å²) in [5.74, 6) is 2.19. The fourth-order valence-corrected chi connectivity index (χ4v) is 2.00. The number of hydrogen-bond acceptors (Lipinski definition) is 4. The van der Waals surface area contributed by atoms with Crippen molar-refractivity contribution >= 4 is 22.0 Å². The third-order valence-electron chi connectivity index (χ3n) is 2.63. The van der Waals surface area contributed by atoms with E-state index < -0.39 is 0 Å². The number of anilines is 1. The van der Waals surface area contributed by atoms with Gasteiger partial charge in [0.05, 0.1) is 26.1 Å². The number of aryl methyl sites for hydroxylation is 1. The first-order chi connectivity index (χ1) is 8.69. The fraction of sp³-hybridized carbons (Fsp3) is 0.250. The van der Waals surface area contributed by atoms with Gasteiger partial charge in [-0.15, -0.1) is 0 Å². The van der Waals surface area contributed by atoms with Gasteiger partial charge < -0.3 is 18.4 Å². The Labute approximate surface area is 114 Å². The van der Waals surface area contributed by atoms with E-state index in [2.05, 4.69) is 25.5 Å². The maximum Gasteiger partial charge on any atom is 0.163 e. The lowest BCUT2D eigenvalue weighted by Crippen LogP contribution is -1.97. The minimum Gasteiger partial charge on any atom is -0.493 e. The second-order valence-electron chi connectivity index (χ2n) is 3.76. The number of nitrogens with zero attached hydrogens (tertiary/aromatic N) is 2. The number of ether oxygens (including phenoxy) is 2. The second kappa shape index (κ2) is 5.30. The van der Waals surface area contributed by atoms with Gasteiger partial charge in [-0.2, -0.15) is 0 Å². The predicted octanol–water partition coefficient (Wildman–Crippen LogP) is 2.92. The van der Waals surface area contributed by atoms with Crippen LogP contribution in [0.3, 0.4) is 0 Å². The summed E-state index contributed by atoms with van der Waals surface area (Å²) in [6.45, 7) is 1.98. The van der Waals surface area contributed by atoms with Gasteiger partial charge in [0.1, 0.15) is 6.33 Å². The number of methoxy groups -OCH3 is 2. The first-order valence-electron chi connectivity index (χ1n) is 5.33. The van der Waals surface area contributed by atoms with E-state index in [1.807, 2.05) is 29.8 Å². The third-order valence-corrected chi connectivity index (χ3v) is 3.03. The highest BCUT2D eigenvalue weighted by atomic mass is 79.9. The molecular weight excluding hydrogens is 298 g/mol. The normalized spacial score (nSPS) is 10.2. The van der Waals surface area contributed by atoms with Gasteiger partial charge in [-0.25, -0.2) is 4.98 Å². The van der Waals surface area contributed by atoms with Crippen LogP contribution < -0.4 is 13.8 Å². The van der Waals surface area contributed by atoms with Crippen LogP contribution in [-0.4, -0.2) is 23.8 Å². The second-order valence-corrected chi connectivity index (χ2v) is 4.16. The van der Waals surface area contributed by atoms with Crippen molar-refractivity contribution in [2.45, 2.75) is 6.92 Å². The number of hydrogen-bond donors (Lipinski definition) is 1. The highest BCUT2D eigenvalue weighted by Gasteiger charge is 2.10. The Morgan fingerprint density at radius 2 is 2.06 bits per heavy atom. The zero-order chi connectivity index (χ0) is 13.1. The van der Waals surface area contributed by atoms with Gasteiger partial charge in [0, 0.05) is 22.2 Å². The number of nitrogens with one attached hydrogen (secondary N) is 1. The highest BCUT2D eigenvalue weighted by Crippen LogP contribution is 2.33. The van der Waals surface area contributed by atoms with E-state index in [0.717, 1.165) is 22.8 Å². The van der Waals surface area contributed by atoms with Crippen molar-refractivity contribution in [3.63, 3.8) is 0 Å². The Morgan fingerprint density at radius 3 is 2.61 bits per heavy atom. The first kappa shape index (κ1) is 12.8. The van der Waals surface area contributed by atoms with E-state index in [4.69, 9.17) is 9.47 Å². The molecule has 0 spiro atoms. The number of benzene rings is 1. The lowest BCUT2D eigenvalue weighted by Gasteiger charge is -2.13. The average molecular weight is 312 g/mol. The van der Waals surface area contributed by atoms with Crippen LogP contribution in [0.4, 0.5) is 5.82 Å². The molecule has 1 heterocycles. The van der Waals surface area contributed by atoms with E-state index >= 15 is 0 Å². The van der Waals surface area contributed by atoms with Crippen molar-refractivity contribution in [3.8, 4) is 17.2 Å². The highest BCUT2D eigenvalue weighted by molar-refractivity contribution is 9.10. The van der Waals surface area contributed by atoms with Gasteiger partial charge in [0.2, 0.25) is 0 Å². The Bertz CT molecular complexity index is 554. The zero-order valence-corrected chi connectivity index (χ0v) is 12.0. The molecule has 6 heteroatoms. The molecule has 0 bridgehead atoms.